The van der Waals surface area contributed by atoms with Gasteiger partial charge in [-0.05, 0) is 39.7 Å². The zero-order chi connectivity index (χ0) is 15.6. The Balaban J connectivity index is 0.000000232. The summed E-state index contributed by atoms with van der Waals surface area (Å²) < 4.78 is 5.43. The number of hydrogen-bond donors (Lipinski definition) is 2. The molecule has 2 aliphatic rings. The van der Waals surface area contributed by atoms with Gasteiger partial charge >= 0.3 is 11.9 Å². The molecule has 116 valence electrons. The van der Waals surface area contributed by atoms with Crippen molar-refractivity contribution in [1.29, 1.82) is 0 Å². The molecule has 2 fully saturated rings. The summed E-state index contributed by atoms with van der Waals surface area (Å²) >= 11 is 0. The molecule has 2 N–H and O–H groups in total. The zero-order valence-electron chi connectivity index (χ0n) is 12.2. The molecule has 3 atom stereocenters. The van der Waals surface area contributed by atoms with Gasteiger partial charge in [0.1, 0.15) is 5.76 Å². The van der Waals surface area contributed by atoms with Crippen LogP contribution < -0.4 is 0 Å². The molecule has 21 heavy (non-hydrogen) atoms. The van der Waals surface area contributed by atoms with Crippen LogP contribution in [0.15, 0.2) is 10.6 Å². The van der Waals surface area contributed by atoms with E-state index in [0.717, 1.165) is 17.5 Å². The minimum atomic E-state index is -1.82. The molecule has 2 aliphatic heterocycles. The highest BCUT2D eigenvalue weighted by Gasteiger charge is 2.42. The van der Waals surface area contributed by atoms with E-state index in [-0.39, 0.29) is 0 Å². The van der Waals surface area contributed by atoms with E-state index in [1.54, 1.807) is 0 Å². The van der Waals surface area contributed by atoms with Gasteiger partial charge in [-0.3, -0.25) is 4.90 Å². The lowest BCUT2D eigenvalue weighted by Gasteiger charge is -2.36. The van der Waals surface area contributed by atoms with Crippen molar-refractivity contribution in [2.75, 3.05) is 7.05 Å². The van der Waals surface area contributed by atoms with Gasteiger partial charge in [-0.2, -0.15) is 0 Å². The molecule has 2 unspecified atom stereocenters. The van der Waals surface area contributed by atoms with Crippen LogP contribution >= 0.6 is 0 Å². The molecule has 0 amide bonds. The summed E-state index contributed by atoms with van der Waals surface area (Å²) in [5.41, 5.74) is 1.01. The first-order chi connectivity index (χ1) is 9.90. The Kier molecular flexibility index (Phi) is 4.62. The van der Waals surface area contributed by atoms with Crippen molar-refractivity contribution in [2.45, 2.75) is 50.6 Å². The van der Waals surface area contributed by atoms with E-state index in [9.17, 15) is 0 Å². The maximum absolute atomic E-state index is 9.10. The van der Waals surface area contributed by atoms with E-state index in [0.29, 0.717) is 12.0 Å². The molecule has 1 aromatic rings. The lowest BCUT2D eigenvalue weighted by molar-refractivity contribution is -0.159. The van der Waals surface area contributed by atoms with Crippen LogP contribution in [0.5, 0.6) is 0 Å². The summed E-state index contributed by atoms with van der Waals surface area (Å²) in [6.07, 6.45) is 5.28. The fourth-order valence-electron chi connectivity index (χ4n) is 3.33. The van der Waals surface area contributed by atoms with Crippen molar-refractivity contribution < 1.29 is 24.3 Å². The van der Waals surface area contributed by atoms with Crippen LogP contribution in [0.3, 0.4) is 0 Å². The number of likely N-dealkylation sites (N-methyl/N-ethyl adjacent to an activating group) is 1. The number of nitrogens with zero attached hydrogens (tertiary/aromatic N) is 2. The van der Waals surface area contributed by atoms with Crippen LogP contribution in [0.4, 0.5) is 0 Å². The number of aromatic nitrogens is 1. The Morgan fingerprint density at radius 3 is 2.38 bits per heavy atom. The molecule has 0 spiro atoms. The van der Waals surface area contributed by atoms with Crippen LogP contribution in [-0.4, -0.2) is 51.3 Å². The SMILES string of the molecule is Cc1cc(C2CC[C@H]3CCC2N3C)on1.O=C(O)C(=O)O. The van der Waals surface area contributed by atoms with Gasteiger partial charge in [-0.15, -0.1) is 0 Å². The Labute approximate surface area is 122 Å². The first kappa shape index (κ1) is 15.5. The first-order valence-electron chi connectivity index (χ1n) is 7.01. The molecule has 2 bridgehead atoms. The lowest BCUT2D eigenvalue weighted by Crippen LogP contribution is -2.40. The average molecular weight is 296 g/mol. The third-order valence-corrected chi connectivity index (χ3v) is 4.36. The highest BCUT2D eigenvalue weighted by Crippen LogP contribution is 2.42. The van der Waals surface area contributed by atoms with Crippen molar-refractivity contribution in [2.24, 2.45) is 0 Å². The number of aryl methyl sites for hydroxylation is 1. The molecule has 0 aromatic carbocycles. The molecule has 0 saturated carbocycles. The highest BCUT2D eigenvalue weighted by molar-refractivity contribution is 6.27. The van der Waals surface area contributed by atoms with Gasteiger partial charge in [0.15, 0.2) is 0 Å². The maximum Gasteiger partial charge on any atom is 0.414 e. The highest BCUT2D eigenvalue weighted by atomic mass is 16.5. The molecular weight excluding hydrogens is 276 g/mol. The van der Waals surface area contributed by atoms with Crippen molar-refractivity contribution in [1.82, 2.24) is 10.1 Å². The molecule has 7 nitrogen and oxygen atoms in total. The minimum Gasteiger partial charge on any atom is -0.473 e. The lowest BCUT2D eigenvalue weighted by atomic mass is 9.88. The predicted octanol–water partition coefficient (Wildman–Crippen LogP) is 1.48. The van der Waals surface area contributed by atoms with Crippen molar-refractivity contribution in [3.63, 3.8) is 0 Å². The van der Waals surface area contributed by atoms with Crippen molar-refractivity contribution in [3.8, 4) is 0 Å². The fraction of sp³-hybridized carbons (Fsp3) is 0.643. The monoisotopic (exact) mass is 296 g/mol. The normalized spacial score (nSPS) is 27.8. The molecule has 0 radical (unpaired) electrons. The number of fused-ring (bicyclic) bond motifs is 2. The van der Waals surface area contributed by atoms with Crippen LogP contribution in [0.1, 0.15) is 43.1 Å². The minimum absolute atomic E-state index is 0.579. The van der Waals surface area contributed by atoms with Crippen molar-refractivity contribution >= 4 is 11.9 Å². The standard InChI is InChI=1S/C12H18N2O.C2H2O4/c1-8-7-12(15-13-8)10-5-3-9-4-6-11(10)14(9)2;3-1(4)2(5)6/h7,9-11H,3-6H2,1-2H3;(H,3,4)(H,5,6)/t9-,10?,11?;/m0./s1. The fourth-order valence-corrected chi connectivity index (χ4v) is 3.33. The van der Waals surface area contributed by atoms with Crippen LogP contribution in [0.25, 0.3) is 0 Å². The van der Waals surface area contributed by atoms with Crippen molar-refractivity contribution in [3.05, 3.63) is 17.5 Å². The first-order valence-corrected chi connectivity index (χ1v) is 7.01. The Morgan fingerprint density at radius 1 is 1.24 bits per heavy atom. The van der Waals surface area contributed by atoms with Gasteiger partial charge in [-0.25, -0.2) is 9.59 Å². The predicted molar refractivity (Wildman–Crippen MR) is 73.1 cm³/mol. The third kappa shape index (κ3) is 3.41. The number of carboxylic acids is 2. The second-order valence-corrected chi connectivity index (χ2v) is 5.63. The third-order valence-electron chi connectivity index (χ3n) is 4.36. The summed E-state index contributed by atoms with van der Waals surface area (Å²) in [5, 5.41) is 18.8. The molecule has 2 saturated heterocycles. The van der Waals surface area contributed by atoms with Crippen LogP contribution in [0, 0.1) is 6.92 Å². The number of hydrogen-bond acceptors (Lipinski definition) is 5. The topological polar surface area (TPSA) is 104 Å². The van der Waals surface area contributed by atoms with E-state index in [2.05, 4.69) is 23.2 Å². The number of aliphatic carboxylic acids is 2. The number of piperidine rings is 1. The number of carboxylic acid groups (broad SMARTS) is 2. The molecule has 0 aliphatic carbocycles. The largest absolute Gasteiger partial charge is 0.473 e. The Morgan fingerprint density at radius 2 is 1.86 bits per heavy atom. The smallest absolute Gasteiger partial charge is 0.414 e. The van der Waals surface area contributed by atoms with E-state index >= 15 is 0 Å². The Hall–Kier alpha value is -1.89. The van der Waals surface area contributed by atoms with Gasteiger partial charge in [0.25, 0.3) is 0 Å². The molecule has 3 heterocycles. The van der Waals surface area contributed by atoms with Gasteiger partial charge in [0, 0.05) is 24.1 Å². The maximum atomic E-state index is 9.10. The summed E-state index contributed by atoms with van der Waals surface area (Å²) in [6, 6.07) is 3.63. The molecule has 7 heteroatoms. The number of carbonyl (C=O) groups is 2. The molecule has 1 aromatic heterocycles. The second-order valence-electron chi connectivity index (χ2n) is 5.63. The zero-order valence-corrected chi connectivity index (χ0v) is 12.2. The molecule has 3 rings (SSSR count). The summed E-state index contributed by atoms with van der Waals surface area (Å²) in [7, 11) is 2.26. The summed E-state index contributed by atoms with van der Waals surface area (Å²) in [4.78, 5) is 20.7. The molecular formula is C14H20N2O5. The second kappa shape index (κ2) is 6.26. The Bertz CT molecular complexity index is 515. The van der Waals surface area contributed by atoms with E-state index in [1.165, 1.54) is 25.7 Å². The summed E-state index contributed by atoms with van der Waals surface area (Å²) in [5.74, 6) is -1.97. The van der Waals surface area contributed by atoms with Crippen LogP contribution in [-0.2, 0) is 9.59 Å². The number of rotatable bonds is 1. The van der Waals surface area contributed by atoms with Crippen LogP contribution in [0.2, 0.25) is 0 Å². The van der Waals surface area contributed by atoms with E-state index in [4.69, 9.17) is 24.3 Å². The van der Waals surface area contributed by atoms with Gasteiger partial charge < -0.3 is 14.7 Å². The summed E-state index contributed by atoms with van der Waals surface area (Å²) in [6.45, 7) is 2.00. The average Bonchev–Trinajstić information content (AvgIpc) is 2.92. The van der Waals surface area contributed by atoms with E-state index < -0.39 is 11.9 Å². The van der Waals surface area contributed by atoms with Gasteiger partial charge in [0.2, 0.25) is 0 Å². The quantitative estimate of drug-likeness (QED) is 0.756. The van der Waals surface area contributed by atoms with Gasteiger partial charge in [0.05, 0.1) is 5.69 Å². The van der Waals surface area contributed by atoms with E-state index in [1.807, 2.05) is 6.92 Å². The van der Waals surface area contributed by atoms with Gasteiger partial charge in [-0.1, -0.05) is 5.16 Å².